The van der Waals surface area contributed by atoms with E-state index in [0.29, 0.717) is 29.8 Å². The van der Waals surface area contributed by atoms with E-state index < -0.39 is 0 Å². The zero-order valence-electron chi connectivity index (χ0n) is 16.9. The van der Waals surface area contributed by atoms with Gasteiger partial charge in [-0.1, -0.05) is 48.5 Å². The molecule has 0 unspecified atom stereocenters. The molecule has 0 atom stereocenters. The van der Waals surface area contributed by atoms with Gasteiger partial charge < -0.3 is 9.80 Å². The number of carbonyl (C=O) groups excluding carboxylic acids is 2. The Morgan fingerprint density at radius 3 is 1.86 bits per heavy atom. The first-order valence-electron chi connectivity index (χ1n) is 10.6. The van der Waals surface area contributed by atoms with Crippen molar-refractivity contribution in [1.29, 1.82) is 0 Å². The maximum absolute atomic E-state index is 13.2. The lowest BCUT2D eigenvalue weighted by atomic mass is 9.97. The first-order valence-corrected chi connectivity index (χ1v) is 10.6. The Kier molecular flexibility index (Phi) is 6.37. The molecule has 5 heteroatoms. The lowest BCUT2D eigenvalue weighted by Gasteiger charge is -2.35. The quantitative estimate of drug-likeness (QED) is 0.711. The Labute approximate surface area is 172 Å². The molecule has 152 valence electrons. The van der Waals surface area contributed by atoms with Gasteiger partial charge in [-0.15, -0.1) is 0 Å². The third-order valence-corrected chi connectivity index (χ3v) is 6.03. The summed E-state index contributed by atoms with van der Waals surface area (Å²) < 4.78 is 0. The summed E-state index contributed by atoms with van der Waals surface area (Å²) in [5.41, 5.74) is 1.60. The first kappa shape index (κ1) is 19.8. The number of amides is 1. The molecular formula is C24H29N3O2. The van der Waals surface area contributed by atoms with Gasteiger partial charge in [0.05, 0.1) is 5.56 Å². The molecule has 2 fully saturated rings. The van der Waals surface area contributed by atoms with Crippen molar-refractivity contribution in [3.05, 3.63) is 71.3 Å². The van der Waals surface area contributed by atoms with Crippen molar-refractivity contribution in [2.75, 3.05) is 52.4 Å². The summed E-state index contributed by atoms with van der Waals surface area (Å²) in [6, 6.07) is 16.4. The lowest BCUT2D eigenvalue weighted by molar-refractivity contribution is 0.0624. The zero-order valence-corrected chi connectivity index (χ0v) is 16.9. The molecule has 4 rings (SSSR count). The number of ketones is 1. The smallest absolute Gasteiger partial charge is 0.254 e. The SMILES string of the molecule is O=C(c1ccccc1)c1ccccc1C(=O)N1CCN(CCN2CCCC2)CC1. The van der Waals surface area contributed by atoms with Gasteiger partial charge in [0.25, 0.3) is 5.91 Å². The van der Waals surface area contributed by atoms with Crippen LogP contribution in [-0.2, 0) is 0 Å². The van der Waals surface area contributed by atoms with Crippen LogP contribution in [0.5, 0.6) is 0 Å². The number of hydrogen-bond donors (Lipinski definition) is 0. The van der Waals surface area contributed by atoms with Crippen molar-refractivity contribution in [2.24, 2.45) is 0 Å². The number of benzene rings is 2. The second-order valence-corrected chi connectivity index (χ2v) is 7.92. The van der Waals surface area contributed by atoms with Crippen LogP contribution >= 0.6 is 0 Å². The van der Waals surface area contributed by atoms with Gasteiger partial charge in [0.15, 0.2) is 5.78 Å². The molecule has 2 aromatic carbocycles. The molecule has 2 heterocycles. The number of rotatable bonds is 6. The van der Waals surface area contributed by atoms with Gasteiger partial charge in [0, 0.05) is 50.4 Å². The molecule has 2 saturated heterocycles. The van der Waals surface area contributed by atoms with E-state index >= 15 is 0 Å². The van der Waals surface area contributed by atoms with Crippen LogP contribution in [0.25, 0.3) is 0 Å². The summed E-state index contributed by atoms with van der Waals surface area (Å²) in [5, 5.41) is 0. The van der Waals surface area contributed by atoms with E-state index in [0.717, 1.165) is 26.2 Å². The van der Waals surface area contributed by atoms with Crippen molar-refractivity contribution in [2.45, 2.75) is 12.8 Å². The van der Waals surface area contributed by atoms with Gasteiger partial charge >= 0.3 is 0 Å². The van der Waals surface area contributed by atoms with Crippen molar-refractivity contribution in [3.8, 4) is 0 Å². The molecule has 0 saturated carbocycles. The van der Waals surface area contributed by atoms with Gasteiger partial charge in [0.1, 0.15) is 0 Å². The molecule has 0 aliphatic carbocycles. The van der Waals surface area contributed by atoms with Crippen molar-refractivity contribution in [3.63, 3.8) is 0 Å². The molecule has 2 aliphatic heterocycles. The average Bonchev–Trinajstić information content (AvgIpc) is 3.31. The predicted octanol–water partition coefficient (Wildman–Crippen LogP) is 2.77. The Bertz CT molecular complexity index is 838. The summed E-state index contributed by atoms with van der Waals surface area (Å²) in [6.45, 7) is 7.88. The lowest BCUT2D eigenvalue weighted by Crippen LogP contribution is -2.50. The van der Waals surface area contributed by atoms with Crippen LogP contribution in [0.1, 0.15) is 39.1 Å². The van der Waals surface area contributed by atoms with E-state index in [1.54, 1.807) is 24.3 Å². The van der Waals surface area contributed by atoms with Gasteiger partial charge in [-0.25, -0.2) is 0 Å². The molecule has 0 spiro atoms. The van der Waals surface area contributed by atoms with Gasteiger partial charge in [-0.3, -0.25) is 14.5 Å². The molecule has 1 amide bonds. The monoisotopic (exact) mass is 391 g/mol. The molecule has 2 aliphatic rings. The minimum absolute atomic E-state index is 0.0379. The summed E-state index contributed by atoms with van der Waals surface area (Å²) in [5.74, 6) is -0.136. The normalized spacial score (nSPS) is 18.1. The summed E-state index contributed by atoms with van der Waals surface area (Å²) in [4.78, 5) is 33.0. The van der Waals surface area contributed by atoms with E-state index in [2.05, 4.69) is 9.80 Å². The number of hydrogen-bond acceptors (Lipinski definition) is 4. The van der Waals surface area contributed by atoms with E-state index in [-0.39, 0.29) is 11.7 Å². The van der Waals surface area contributed by atoms with Gasteiger partial charge in [-0.2, -0.15) is 0 Å². The number of carbonyl (C=O) groups is 2. The number of nitrogens with zero attached hydrogens (tertiary/aromatic N) is 3. The number of likely N-dealkylation sites (tertiary alicyclic amines) is 1. The standard InChI is InChI=1S/C24H29N3O2/c28-23(20-8-2-1-3-9-20)21-10-4-5-11-22(21)24(29)27-18-16-26(17-19-27)15-14-25-12-6-7-13-25/h1-5,8-11H,6-7,12-19H2. The van der Waals surface area contributed by atoms with E-state index in [1.165, 1.54) is 25.9 Å². The largest absolute Gasteiger partial charge is 0.336 e. The fourth-order valence-electron chi connectivity index (χ4n) is 4.25. The van der Waals surface area contributed by atoms with Crippen molar-refractivity contribution in [1.82, 2.24) is 14.7 Å². The topological polar surface area (TPSA) is 43.9 Å². The minimum Gasteiger partial charge on any atom is -0.336 e. The van der Waals surface area contributed by atoms with E-state index in [9.17, 15) is 9.59 Å². The molecule has 0 bridgehead atoms. The second-order valence-electron chi connectivity index (χ2n) is 7.92. The molecule has 0 radical (unpaired) electrons. The highest BCUT2D eigenvalue weighted by Crippen LogP contribution is 2.18. The summed E-state index contributed by atoms with van der Waals surface area (Å²) in [7, 11) is 0. The van der Waals surface area contributed by atoms with Gasteiger partial charge in [-0.05, 0) is 32.0 Å². The average molecular weight is 392 g/mol. The van der Waals surface area contributed by atoms with Crippen LogP contribution in [0.2, 0.25) is 0 Å². The van der Waals surface area contributed by atoms with Crippen LogP contribution in [0, 0.1) is 0 Å². The fourth-order valence-corrected chi connectivity index (χ4v) is 4.25. The number of piperazine rings is 1. The van der Waals surface area contributed by atoms with Crippen LogP contribution < -0.4 is 0 Å². The van der Waals surface area contributed by atoms with Crippen molar-refractivity contribution < 1.29 is 9.59 Å². The third-order valence-electron chi connectivity index (χ3n) is 6.03. The molecule has 0 N–H and O–H groups in total. The maximum atomic E-state index is 13.2. The highest BCUT2D eigenvalue weighted by molar-refractivity contribution is 6.15. The van der Waals surface area contributed by atoms with Crippen molar-refractivity contribution >= 4 is 11.7 Å². The highest BCUT2D eigenvalue weighted by Gasteiger charge is 2.26. The van der Waals surface area contributed by atoms with E-state index in [4.69, 9.17) is 0 Å². The maximum Gasteiger partial charge on any atom is 0.254 e. The van der Waals surface area contributed by atoms with Crippen LogP contribution in [-0.4, -0.2) is 78.7 Å². The molecule has 29 heavy (non-hydrogen) atoms. The molecular weight excluding hydrogens is 362 g/mol. The Balaban J connectivity index is 1.38. The van der Waals surface area contributed by atoms with Crippen LogP contribution in [0.3, 0.4) is 0 Å². The van der Waals surface area contributed by atoms with Crippen LogP contribution in [0.4, 0.5) is 0 Å². The second kappa shape index (κ2) is 9.33. The Hall–Kier alpha value is -2.50. The minimum atomic E-state index is -0.0983. The van der Waals surface area contributed by atoms with Crippen LogP contribution in [0.15, 0.2) is 54.6 Å². The predicted molar refractivity (Wildman–Crippen MR) is 114 cm³/mol. The summed E-state index contributed by atoms with van der Waals surface area (Å²) in [6.07, 6.45) is 2.65. The Morgan fingerprint density at radius 2 is 1.21 bits per heavy atom. The van der Waals surface area contributed by atoms with E-state index in [1.807, 2.05) is 35.2 Å². The van der Waals surface area contributed by atoms with Gasteiger partial charge in [0.2, 0.25) is 0 Å². The third kappa shape index (κ3) is 4.74. The summed E-state index contributed by atoms with van der Waals surface area (Å²) >= 11 is 0. The molecule has 2 aromatic rings. The fraction of sp³-hybridized carbons (Fsp3) is 0.417. The highest BCUT2D eigenvalue weighted by atomic mass is 16.2. The molecule has 5 nitrogen and oxygen atoms in total. The Morgan fingerprint density at radius 1 is 0.655 bits per heavy atom. The molecule has 0 aromatic heterocycles. The first-order chi connectivity index (χ1) is 14.2. The zero-order chi connectivity index (χ0) is 20.1.